The number of halogens is 1. The van der Waals surface area contributed by atoms with Crippen molar-refractivity contribution in [3.8, 4) is 5.75 Å². The first-order valence-electron chi connectivity index (χ1n) is 7.28. The SMILES string of the molecule is COc1ccc(Br)cc1CC1(Cc2ccccc2)CNC1. The highest BCUT2D eigenvalue weighted by molar-refractivity contribution is 9.10. The number of ether oxygens (including phenoxy) is 1. The lowest BCUT2D eigenvalue weighted by Crippen LogP contribution is -2.56. The van der Waals surface area contributed by atoms with Crippen LogP contribution in [0, 0.1) is 5.41 Å². The average Bonchev–Trinajstić information content (AvgIpc) is 2.46. The summed E-state index contributed by atoms with van der Waals surface area (Å²) in [5, 5.41) is 3.44. The van der Waals surface area contributed by atoms with Crippen LogP contribution in [0.15, 0.2) is 53.0 Å². The Morgan fingerprint density at radius 1 is 1.10 bits per heavy atom. The molecule has 3 heteroatoms. The summed E-state index contributed by atoms with van der Waals surface area (Å²) in [6, 6.07) is 17.0. The van der Waals surface area contributed by atoms with Crippen molar-refractivity contribution in [1.29, 1.82) is 0 Å². The summed E-state index contributed by atoms with van der Waals surface area (Å²) < 4.78 is 6.64. The van der Waals surface area contributed by atoms with Gasteiger partial charge in [-0.15, -0.1) is 0 Å². The molecule has 2 aromatic rings. The number of benzene rings is 2. The van der Waals surface area contributed by atoms with Crippen LogP contribution < -0.4 is 10.1 Å². The van der Waals surface area contributed by atoms with Crippen molar-refractivity contribution >= 4 is 15.9 Å². The lowest BCUT2D eigenvalue weighted by Gasteiger charge is -2.43. The molecule has 3 rings (SSSR count). The molecule has 0 unspecified atom stereocenters. The molecule has 2 aromatic carbocycles. The first kappa shape index (κ1) is 14.6. The molecule has 1 heterocycles. The summed E-state index contributed by atoms with van der Waals surface area (Å²) in [4.78, 5) is 0. The summed E-state index contributed by atoms with van der Waals surface area (Å²) in [6.07, 6.45) is 2.15. The Morgan fingerprint density at radius 3 is 2.48 bits per heavy atom. The summed E-state index contributed by atoms with van der Waals surface area (Å²) in [6.45, 7) is 2.13. The van der Waals surface area contributed by atoms with Crippen molar-refractivity contribution in [3.05, 3.63) is 64.1 Å². The second-order valence-corrected chi connectivity index (χ2v) is 6.81. The minimum absolute atomic E-state index is 0.301. The molecular weight excluding hydrogens is 326 g/mol. The Bertz CT molecular complexity index is 608. The molecule has 0 aromatic heterocycles. The lowest BCUT2D eigenvalue weighted by atomic mass is 9.72. The summed E-state index contributed by atoms with van der Waals surface area (Å²) >= 11 is 3.57. The Kier molecular flexibility index (Phi) is 4.32. The van der Waals surface area contributed by atoms with Gasteiger partial charge in [-0.05, 0) is 42.2 Å². The first-order valence-corrected chi connectivity index (χ1v) is 8.07. The molecule has 0 saturated carbocycles. The van der Waals surface area contributed by atoms with Crippen molar-refractivity contribution in [1.82, 2.24) is 5.32 Å². The van der Waals surface area contributed by atoms with Crippen LogP contribution in [-0.2, 0) is 12.8 Å². The molecule has 1 aliphatic rings. The second kappa shape index (κ2) is 6.20. The molecule has 0 aliphatic carbocycles. The lowest BCUT2D eigenvalue weighted by molar-refractivity contribution is 0.165. The Hall–Kier alpha value is -1.32. The molecule has 0 spiro atoms. The topological polar surface area (TPSA) is 21.3 Å². The van der Waals surface area contributed by atoms with Gasteiger partial charge in [-0.25, -0.2) is 0 Å². The third kappa shape index (κ3) is 3.30. The monoisotopic (exact) mass is 345 g/mol. The fraction of sp³-hybridized carbons (Fsp3) is 0.333. The van der Waals surface area contributed by atoms with Gasteiger partial charge in [0.1, 0.15) is 5.75 Å². The van der Waals surface area contributed by atoms with Crippen LogP contribution in [-0.4, -0.2) is 20.2 Å². The molecule has 1 aliphatic heterocycles. The van der Waals surface area contributed by atoms with Crippen molar-refractivity contribution in [2.45, 2.75) is 12.8 Å². The van der Waals surface area contributed by atoms with Crippen LogP contribution in [0.4, 0.5) is 0 Å². The minimum Gasteiger partial charge on any atom is -0.496 e. The van der Waals surface area contributed by atoms with Gasteiger partial charge >= 0.3 is 0 Å². The van der Waals surface area contributed by atoms with E-state index >= 15 is 0 Å². The zero-order valence-electron chi connectivity index (χ0n) is 12.2. The summed E-state index contributed by atoms with van der Waals surface area (Å²) in [7, 11) is 1.75. The van der Waals surface area contributed by atoms with Gasteiger partial charge in [0, 0.05) is 23.0 Å². The van der Waals surface area contributed by atoms with Crippen LogP contribution in [0.1, 0.15) is 11.1 Å². The third-order valence-electron chi connectivity index (χ3n) is 4.23. The molecule has 110 valence electrons. The van der Waals surface area contributed by atoms with Gasteiger partial charge in [-0.3, -0.25) is 0 Å². The number of nitrogens with one attached hydrogen (secondary N) is 1. The first-order chi connectivity index (χ1) is 10.2. The molecule has 0 amide bonds. The van der Waals surface area contributed by atoms with E-state index in [-0.39, 0.29) is 0 Å². The second-order valence-electron chi connectivity index (χ2n) is 5.90. The third-order valence-corrected chi connectivity index (χ3v) is 4.72. The maximum atomic E-state index is 5.52. The maximum Gasteiger partial charge on any atom is 0.122 e. The predicted molar refractivity (Wildman–Crippen MR) is 89.8 cm³/mol. The normalized spacial score (nSPS) is 16.3. The van der Waals surface area contributed by atoms with Gasteiger partial charge in [0.2, 0.25) is 0 Å². The van der Waals surface area contributed by atoms with Crippen LogP contribution >= 0.6 is 15.9 Å². The quantitative estimate of drug-likeness (QED) is 0.888. The van der Waals surface area contributed by atoms with E-state index in [1.54, 1.807) is 7.11 Å². The predicted octanol–water partition coefficient (Wildman–Crippen LogP) is 3.83. The molecular formula is C18H20BrNO. The molecule has 1 fully saturated rings. The van der Waals surface area contributed by atoms with E-state index in [0.717, 1.165) is 36.2 Å². The van der Waals surface area contributed by atoms with E-state index in [1.165, 1.54) is 11.1 Å². The van der Waals surface area contributed by atoms with Gasteiger partial charge in [0.25, 0.3) is 0 Å². The molecule has 1 N–H and O–H groups in total. The highest BCUT2D eigenvalue weighted by Gasteiger charge is 2.37. The molecule has 0 bridgehead atoms. The van der Waals surface area contributed by atoms with Crippen LogP contribution in [0.3, 0.4) is 0 Å². The van der Waals surface area contributed by atoms with E-state index in [0.29, 0.717) is 5.41 Å². The zero-order chi connectivity index (χ0) is 14.7. The molecule has 0 atom stereocenters. The molecule has 1 saturated heterocycles. The molecule has 21 heavy (non-hydrogen) atoms. The van der Waals surface area contributed by atoms with Gasteiger partial charge in [-0.2, -0.15) is 0 Å². The van der Waals surface area contributed by atoms with E-state index < -0.39 is 0 Å². The van der Waals surface area contributed by atoms with Gasteiger partial charge in [-0.1, -0.05) is 46.3 Å². The maximum absolute atomic E-state index is 5.52. The fourth-order valence-electron chi connectivity index (χ4n) is 3.11. The van der Waals surface area contributed by atoms with E-state index in [9.17, 15) is 0 Å². The van der Waals surface area contributed by atoms with E-state index in [4.69, 9.17) is 4.74 Å². The highest BCUT2D eigenvalue weighted by Crippen LogP contribution is 2.35. The van der Waals surface area contributed by atoms with E-state index in [1.807, 2.05) is 12.1 Å². The van der Waals surface area contributed by atoms with Crippen LogP contribution in [0.25, 0.3) is 0 Å². The Morgan fingerprint density at radius 2 is 1.86 bits per heavy atom. The highest BCUT2D eigenvalue weighted by atomic mass is 79.9. The number of methoxy groups -OCH3 is 1. The number of rotatable bonds is 5. The van der Waals surface area contributed by atoms with Crippen molar-refractivity contribution in [2.75, 3.05) is 20.2 Å². The van der Waals surface area contributed by atoms with Crippen molar-refractivity contribution in [2.24, 2.45) is 5.41 Å². The Labute approximate surface area is 134 Å². The van der Waals surface area contributed by atoms with Crippen LogP contribution in [0.5, 0.6) is 5.75 Å². The van der Waals surface area contributed by atoms with Crippen molar-refractivity contribution in [3.63, 3.8) is 0 Å². The zero-order valence-corrected chi connectivity index (χ0v) is 13.8. The largest absolute Gasteiger partial charge is 0.496 e. The Balaban J connectivity index is 1.83. The van der Waals surface area contributed by atoms with E-state index in [2.05, 4.69) is 57.6 Å². The van der Waals surface area contributed by atoms with Crippen LogP contribution in [0.2, 0.25) is 0 Å². The summed E-state index contributed by atoms with van der Waals surface area (Å²) in [5.41, 5.74) is 2.99. The van der Waals surface area contributed by atoms with Gasteiger partial charge in [0.15, 0.2) is 0 Å². The molecule has 2 nitrogen and oxygen atoms in total. The standard InChI is InChI=1S/C18H20BrNO/c1-21-17-8-7-16(19)9-15(17)11-18(12-20-13-18)10-14-5-3-2-4-6-14/h2-9,20H,10-13H2,1H3. The van der Waals surface area contributed by atoms with Gasteiger partial charge in [0.05, 0.1) is 7.11 Å². The fourth-order valence-corrected chi connectivity index (χ4v) is 3.52. The van der Waals surface area contributed by atoms with Gasteiger partial charge < -0.3 is 10.1 Å². The average molecular weight is 346 g/mol. The number of hydrogen-bond donors (Lipinski definition) is 1. The summed E-state index contributed by atoms with van der Waals surface area (Å²) in [5.74, 6) is 0.984. The molecule has 0 radical (unpaired) electrons. The smallest absolute Gasteiger partial charge is 0.122 e. The minimum atomic E-state index is 0.301. The number of hydrogen-bond acceptors (Lipinski definition) is 2. The van der Waals surface area contributed by atoms with Crippen molar-refractivity contribution < 1.29 is 4.74 Å².